The van der Waals surface area contributed by atoms with Crippen LogP contribution in [0, 0.1) is 5.92 Å². The van der Waals surface area contributed by atoms with E-state index in [0.717, 1.165) is 19.4 Å². The van der Waals surface area contributed by atoms with Gasteiger partial charge in [-0.25, -0.2) is 0 Å². The topological polar surface area (TPSA) is 47.6 Å². The number of methoxy groups -OCH3 is 1. The van der Waals surface area contributed by atoms with Gasteiger partial charge in [-0.1, -0.05) is 13.8 Å². The van der Waals surface area contributed by atoms with Gasteiger partial charge in [-0.15, -0.1) is 0 Å². The predicted molar refractivity (Wildman–Crippen MR) is 57.6 cm³/mol. The standard InChI is InChI=1S/C11H21NO3/c1-8(2)6-10(11(13)14-3)12-9-4-5-15-7-9/h8-10,12H,4-7H2,1-3H3. The van der Waals surface area contributed by atoms with Crippen LogP contribution in [0.5, 0.6) is 0 Å². The van der Waals surface area contributed by atoms with Crippen molar-refractivity contribution in [3.8, 4) is 0 Å². The van der Waals surface area contributed by atoms with Crippen LogP contribution in [0.1, 0.15) is 26.7 Å². The van der Waals surface area contributed by atoms with Gasteiger partial charge in [-0.2, -0.15) is 0 Å². The number of carbonyl (C=O) groups is 1. The van der Waals surface area contributed by atoms with Gasteiger partial charge in [0.15, 0.2) is 0 Å². The van der Waals surface area contributed by atoms with Crippen LogP contribution in [-0.2, 0) is 14.3 Å². The van der Waals surface area contributed by atoms with Gasteiger partial charge in [0.1, 0.15) is 6.04 Å². The van der Waals surface area contributed by atoms with Crippen LogP contribution < -0.4 is 5.32 Å². The Balaban J connectivity index is 2.43. The first-order chi connectivity index (χ1) is 7.13. The minimum Gasteiger partial charge on any atom is -0.468 e. The zero-order chi connectivity index (χ0) is 11.3. The summed E-state index contributed by atoms with van der Waals surface area (Å²) in [6, 6.07) is 0.106. The molecule has 0 spiro atoms. The summed E-state index contributed by atoms with van der Waals surface area (Å²) in [4.78, 5) is 11.5. The molecular weight excluding hydrogens is 194 g/mol. The highest BCUT2D eigenvalue weighted by molar-refractivity contribution is 5.75. The van der Waals surface area contributed by atoms with Crippen LogP contribution in [-0.4, -0.2) is 38.4 Å². The lowest BCUT2D eigenvalue weighted by atomic mass is 10.0. The lowest BCUT2D eigenvalue weighted by Gasteiger charge is -2.21. The second kappa shape index (κ2) is 6.08. The molecular formula is C11H21NO3. The van der Waals surface area contributed by atoms with Crippen molar-refractivity contribution in [1.29, 1.82) is 0 Å². The van der Waals surface area contributed by atoms with Crippen LogP contribution in [0.2, 0.25) is 0 Å². The Labute approximate surface area is 91.3 Å². The van der Waals surface area contributed by atoms with E-state index in [0.29, 0.717) is 18.6 Å². The van der Waals surface area contributed by atoms with Crippen molar-refractivity contribution in [2.45, 2.75) is 38.8 Å². The van der Waals surface area contributed by atoms with Crippen molar-refractivity contribution >= 4 is 5.97 Å². The molecule has 0 radical (unpaired) electrons. The molecule has 1 aliphatic rings. The van der Waals surface area contributed by atoms with Crippen LogP contribution in [0.25, 0.3) is 0 Å². The summed E-state index contributed by atoms with van der Waals surface area (Å²) in [5.41, 5.74) is 0. The number of ether oxygens (including phenoxy) is 2. The van der Waals surface area contributed by atoms with E-state index in [2.05, 4.69) is 19.2 Å². The molecule has 1 aliphatic heterocycles. The Morgan fingerprint density at radius 3 is 2.80 bits per heavy atom. The number of hydrogen-bond acceptors (Lipinski definition) is 4. The first-order valence-corrected chi connectivity index (χ1v) is 5.55. The molecule has 0 amide bonds. The van der Waals surface area contributed by atoms with Crippen LogP contribution in [0.3, 0.4) is 0 Å². The lowest BCUT2D eigenvalue weighted by Crippen LogP contribution is -2.45. The number of esters is 1. The minimum absolute atomic E-state index is 0.171. The number of rotatable bonds is 5. The molecule has 0 aliphatic carbocycles. The molecule has 0 saturated carbocycles. The molecule has 0 aromatic carbocycles. The summed E-state index contributed by atoms with van der Waals surface area (Å²) in [5, 5.41) is 3.30. The van der Waals surface area contributed by atoms with Crippen LogP contribution in [0.4, 0.5) is 0 Å². The van der Waals surface area contributed by atoms with Gasteiger partial charge in [0.05, 0.1) is 13.7 Å². The van der Waals surface area contributed by atoms with Gasteiger partial charge in [0.2, 0.25) is 0 Å². The van der Waals surface area contributed by atoms with E-state index in [1.54, 1.807) is 0 Å². The van der Waals surface area contributed by atoms with Gasteiger partial charge in [0.25, 0.3) is 0 Å². The molecule has 1 saturated heterocycles. The van der Waals surface area contributed by atoms with Crippen molar-refractivity contribution in [2.75, 3.05) is 20.3 Å². The molecule has 0 bridgehead atoms. The molecule has 1 rings (SSSR count). The third-order valence-electron chi connectivity index (χ3n) is 2.56. The molecule has 4 heteroatoms. The number of hydrogen-bond donors (Lipinski definition) is 1. The highest BCUT2D eigenvalue weighted by Gasteiger charge is 2.25. The summed E-state index contributed by atoms with van der Waals surface area (Å²) in [7, 11) is 1.43. The van der Waals surface area contributed by atoms with E-state index in [4.69, 9.17) is 9.47 Å². The molecule has 2 atom stereocenters. The largest absolute Gasteiger partial charge is 0.468 e. The van der Waals surface area contributed by atoms with Crippen molar-refractivity contribution < 1.29 is 14.3 Å². The molecule has 1 heterocycles. The molecule has 15 heavy (non-hydrogen) atoms. The van der Waals surface area contributed by atoms with E-state index in [-0.39, 0.29) is 12.0 Å². The fourth-order valence-corrected chi connectivity index (χ4v) is 1.80. The summed E-state index contributed by atoms with van der Waals surface area (Å²) < 4.78 is 10.0. The first-order valence-electron chi connectivity index (χ1n) is 5.55. The van der Waals surface area contributed by atoms with Crippen molar-refractivity contribution in [1.82, 2.24) is 5.32 Å². The smallest absolute Gasteiger partial charge is 0.322 e. The summed E-state index contributed by atoms with van der Waals surface area (Å²) in [5.74, 6) is 0.305. The maximum Gasteiger partial charge on any atom is 0.322 e. The zero-order valence-electron chi connectivity index (χ0n) is 9.79. The summed E-state index contributed by atoms with van der Waals surface area (Å²) >= 11 is 0. The molecule has 88 valence electrons. The maximum atomic E-state index is 11.5. The van der Waals surface area contributed by atoms with Crippen molar-refractivity contribution in [2.24, 2.45) is 5.92 Å². The normalized spacial score (nSPS) is 23.1. The third-order valence-corrected chi connectivity index (χ3v) is 2.56. The lowest BCUT2D eigenvalue weighted by molar-refractivity contribution is -0.143. The SMILES string of the molecule is COC(=O)C(CC(C)C)NC1CCOC1. The first kappa shape index (κ1) is 12.5. The molecule has 1 fully saturated rings. The van der Waals surface area contributed by atoms with E-state index < -0.39 is 0 Å². The molecule has 4 nitrogen and oxygen atoms in total. The predicted octanol–water partition coefficient (Wildman–Crippen LogP) is 0.953. The zero-order valence-corrected chi connectivity index (χ0v) is 9.79. The third kappa shape index (κ3) is 4.18. The second-order valence-electron chi connectivity index (χ2n) is 4.43. The van der Waals surface area contributed by atoms with E-state index >= 15 is 0 Å². The van der Waals surface area contributed by atoms with Gasteiger partial charge in [-0.3, -0.25) is 10.1 Å². The van der Waals surface area contributed by atoms with E-state index in [9.17, 15) is 4.79 Å². The van der Waals surface area contributed by atoms with Gasteiger partial charge < -0.3 is 9.47 Å². The fraction of sp³-hybridized carbons (Fsp3) is 0.909. The van der Waals surface area contributed by atoms with Crippen molar-refractivity contribution in [3.63, 3.8) is 0 Å². The number of nitrogens with one attached hydrogen (secondary N) is 1. The summed E-state index contributed by atoms with van der Waals surface area (Å²) in [6.45, 7) is 5.68. The van der Waals surface area contributed by atoms with Crippen molar-refractivity contribution in [3.05, 3.63) is 0 Å². The number of carbonyl (C=O) groups excluding carboxylic acids is 1. The minimum atomic E-state index is -0.193. The van der Waals surface area contributed by atoms with Crippen LogP contribution in [0.15, 0.2) is 0 Å². The Hall–Kier alpha value is -0.610. The second-order valence-corrected chi connectivity index (χ2v) is 4.43. The highest BCUT2D eigenvalue weighted by atomic mass is 16.5. The summed E-state index contributed by atoms with van der Waals surface area (Å²) in [6.07, 6.45) is 1.79. The van der Waals surface area contributed by atoms with Gasteiger partial charge in [0, 0.05) is 12.6 Å². The fourth-order valence-electron chi connectivity index (χ4n) is 1.80. The van der Waals surface area contributed by atoms with E-state index in [1.807, 2.05) is 0 Å². The quantitative estimate of drug-likeness (QED) is 0.694. The maximum absolute atomic E-state index is 11.5. The Bertz CT molecular complexity index is 200. The Morgan fingerprint density at radius 2 is 2.33 bits per heavy atom. The Kier molecular flexibility index (Phi) is 5.05. The van der Waals surface area contributed by atoms with Gasteiger partial charge in [-0.05, 0) is 18.8 Å². The monoisotopic (exact) mass is 215 g/mol. The van der Waals surface area contributed by atoms with Gasteiger partial charge >= 0.3 is 5.97 Å². The highest BCUT2D eigenvalue weighted by Crippen LogP contribution is 2.10. The Morgan fingerprint density at radius 1 is 1.60 bits per heavy atom. The molecule has 1 N–H and O–H groups in total. The van der Waals surface area contributed by atoms with E-state index in [1.165, 1.54) is 7.11 Å². The molecule has 0 aromatic rings. The molecule has 2 unspecified atom stereocenters. The van der Waals surface area contributed by atoms with Crippen LogP contribution >= 0.6 is 0 Å². The molecule has 0 aromatic heterocycles. The average Bonchev–Trinajstić information content (AvgIpc) is 2.67. The average molecular weight is 215 g/mol.